The summed E-state index contributed by atoms with van der Waals surface area (Å²) in [6, 6.07) is 8.55. The lowest BCUT2D eigenvalue weighted by Gasteiger charge is -2.27. The van der Waals surface area contributed by atoms with Gasteiger partial charge in [0.1, 0.15) is 0 Å². The van der Waals surface area contributed by atoms with Gasteiger partial charge >= 0.3 is 6.03 Å². The molecule has 0 spiro atoms. The monoisotopic (exact) mass is 218 g/mol. The fraction of sp³-hybridized carbons (Fsp3) is 0.462. The maximum atomic E-state index is 11.6. The highest BCUT2D eigenvalue weighted by atomic mass is 16.2. The predicted octanol–water partition coefficient (Wildman–Crippen LogP) is 2.34. The molecular formula is C13H18N2O. The first kappa shape index (κ1) is 11.0. The summed E-state index contributed by atoms with van der Waals surface area (Å²) in [5.74, 6) is 0. The third-order valence-electron chi connectivity index (χ3n) is 3.07. The number of amides is 2. The van der Waals surface area contributed by atoms with Crippen LogP contribution >= 0.6 is 0 Å². The Morgan fingerprint density at radius 3 is 2.88 bits per heavy atom. The van der Waals surface area contributed by atoms with Crippen LogP contribution in [0.5, 0.6) is 0 Å². The van der Waals surface area contributed by atoms with Gasteiger partial charge in [-0.2, -0.15) is 0 Å². The van der Waals surface area contributed by atoms with E-state index < -0.39 is 0 Å². The van der Waals surface area contributed by atoms with Crippen molar-refractivity contribution in [1.29, 1.82) is 0 Å². The Morgan fingerprint density at radius 1 is 1.38 bits per heavy atom. The Morgan fingerprint density at radius 2 is 2.12 bits per heavy atom. The van der Waals surface area contributed by atoms with Crippen molar-refractivity contribution in [3.05, 3.63) is 35.4 Å². The van der Waals surface area contributed by atoms with E-state index in [1.165, 1.54) is 11.1 Å². The smallest absolute Gasteiger partial charge is 0.317 e. The first-order chi connectivity index (χ1) is 7.68. The fourth-order valence-electron chi connectivity index (χ4n) is 2.18. The molecule has 0 unspecified atom stereocenters. The van der Waals surface area contributed by atoms with E-state index in [0.717, 1.165) is 19.3 Å². The number of fused-ring (bicyclic) bond motifs is 1. The first-order valence-electron chi connectivity index (χ1n) is 5.74. The minimum atomic E-state index is -0.0123. The third kappa shape index (κ3) is 2.18. The molecule has 0 fully saturated rings. The van der Waals surface area contributed by atoms with Crippen LogP contribution < -0.4 is 5.32 Å². The average Bonchev–Trinajstić information content (AvgIpc) is 2.29. The van der Waals surface area contributed by atoms with Gasteiger partial charge in [-0.3, -0.25) is 0 Å². The number of nitrogens with zero attached hydrogens (tertiary/aromatic N) is 1. The van der Waals surface area contributed by atoms with Crippen LogP contribution in [0.2, 0.25) is 0 Å². The number of nitrogens with one attached hydrogen (secondary N) is 1. The van der Waals surface area contributed by atoms with Crippen molar-refractivity contribution in [2.75, 3.05) is 14.1 Å². The summed E-state index contributed by atoms with van der Waals surface area (Å²) < 4.78 is 0. The van der Waals surface area contributed by atoms with E-state index in [1.807, 2.05) is 6.07 Å². The Hall–Kier alpha value is -1.51. The molecule has 1 aromatic rings. The number of aryl methyl sites for hydroxylation is 1. The van der Waals surface area contributed by atoms with Crippen molar-refractivity contribution >= 4 is 6.03 Å². The Bertz CT molecular complexity index is 387. The largest absolute Gasteiger partial charge is 0.331 e. The zero-order valence-electron chi connectivity index (χ0n) is 9.86. The summed E-state index contributed by atoms with van der Waals surface area (Å²) in [7, 11) is 3.54. The van der Waals surface area contributed by atoms with Gasteiger partial charge < -0.3 is 10.2 Å². The van der Waals surface area contributed by atoms with E-state index in [4.69, 9.17) is 0 Å². The number of urea groups is 1. The molecule has 0 heterocycles. The number of carbonyl (C=O) groups is 1. The van der Waals surface area contributed by atoms with E-state index in [0.29, 0.717) is 0 Å². The highest BCUT2D eigenvalue weighted by molar-refractivity contribution is 5.74. The van der Waals surface area contributed by atoms with Gasteiger partial charge in [0.05, 0.1) is 6.04 Å². The van der Waals surface area contributed by atoms with Gasteiger partial charge in [0, 0.05) is 14.1 Å². The molecule has 1 atom stereocenters. The van der Waals surface area contributed by atoms with Gasteiger partial charge in [-0.15, -0.1) is 0 Å². The number of rotatable bonds is 1. The van der Waals surface area contributed by atoms with Gasteiger partial charge in [-0.1, -0.05) is 24.3 Å². The average molecular weight is 218 g/mol. The summed E-state index contributed by atoms with van der Waals surface area (Å²) in [4.78, 5) is 13.2. The van der Waals surface area contributed by atoms with Crippen molar-refractivity contribution < 1.29 is 4.79 Å². The van der Waals surface area contributed by atoms with Gasteiger partial charge in [0.2, 0.25) is 0 Å². The zero-order chi connectivity index (χ0) is 11.5. The molecule has 0 saturated heterocycles. The fourth-order valence-corrected chi connectivity index (χ4v) is 2.18. The van der Waals surface area contributed by atoms with Crippen LogP contribution in [0.25, 0.3) is 0 Å². The molecule has 0 saturated carbocycles. The minimum absolute atomic E-state index is 0.0123. The second kappa shape index (κ2) is 4.56. The number of benzene rings is 1. The molecule has 86 valence electrons. The van der Waals surface area contributed by atoms with Crippen LogP contribution in [0.4, 0.5) is 4.79 Å². The second-order valence-corrected chi connectivity index (χ2v) is 4.49. The van der Waals surface area contributed by atoms with Crippen molar-refractivity contribution in [1.82, 2.24) is 10.2 Å². The van der Waals surface area contributed by atoms with E-state index in [-0.39, 0.29) is 12.1 Å². The SMILES string of the molecule is CN(C)C(=O)N[C@H]1CCCc2ccccc21. The lowest BCUT2D eigenvalue weighted by molar-refractivity contribution is 0.211. The minimum Gasteiger partial charge on any atom is -0.331 e. The standard InChI is InChI=1S/C13H18N2O/c1-15(2)13(16)14-12-9-5-7-10-6-3-4-8-11(10)12/h3-4,6,8,12H,5,7,9H2,1-2H3,(H,14,16)/t12-/m0/s1. The third-order valence-corrected chi connectivity index (χ3v) is 3.07. The van der Waals surface area contributed by atoms with Crippen molar-refractivity contribution in [2.24, 2.45) is 0 Å². The number of hydrogen-bond donors (Lipinski definition) is 1. The van der Waals surface area contributed by atoms with Crippen LogP contribution in [0.3, 0.4) is 0 Å². The number of carbonyl (C=O) groups excluding carboxylic acids is 1. The second-order valence-electron chi connectivity index (χ2n) is 4.49. The molecular weight excluding hydrogens is 200 g/mol. The summed E-state index contributed by atoms with van der Waals surface area (Å²) >= 11 is 0. The van der Waals surface area contributed by atoms with Gasteiger partial charge in [0.15, 0.2) is 0 Å². The molecule has 1 aliphatic carbocycles. The lowest BCUT2D eigenvalue weighted by atomic mass is 9.88. The molecule has 1 aliphatic rings. The number of hydrogen-bond acceptors (Lipinski definition) is 1. The van der Waals surface area contributed by atoms with Crippen molar-refractivity contribution in [3.8, 4) is 0 Å². The first-order valence-corrected chi connectivity index (χ1v) is 5.74. The van der Waals surface area contributed by atoms with Crippen LogP contribution in [-0.2, 0) is 6.42 Å². The van der Waals surface area contributed by atoms with Crippen LogP contribution in [0, 0.1) is 0 Å². The summed E-state index contributed by atoms with van der Waals surface area (Å²) in [6.07, 6.45) is 3.32. The Labute approximate surface area is 96.5 Å². The maximum absolute atomic E-state index is 11.6. The molecule has 16 heavy (non-hydrogen) atoms. The van der Waals surface area contributed by atoms with Crippen molar-refractivity contribution in [3.63, 3.8) is 0 Å². The Balaban J connectivity index is 2.16. The molecule has 2 amide bonds. The highest BCUT2D eigenvalue weighted by Gasteiger charge is 2.21. The van der Waals surface area contributed by atoms with Crippen molar-refractivity contribution in [2.45, 2.75) is 25.3 Å². The molecule has 1 aromatic carbocycles. The quantitative estimate of drug-likeness (QED) is 0.771. The normalized spacial score (nSPS) is 18.8. The van der Waals surface area contributed by atoms with E-state index in [9.17, 15) is 4.79 Å². The van der Waals surface area contributed by atoms with E-state index in [1.54, 1.807) is 19.0 Å². The predicted molar refractivity (Wildman–Crippen MR) is 64.3 cm³/mol. The topological polar surface area (TPSA) is 32.3 Å². The van der Waals surface area contributed by atoms with Gasteiger partial charge in [-0.05, 0) is 30.4 Å². The van der Waals surface area contributed by atoms with E-state index >= 15 is 0 Å². The molecule has 0 radical (unpaired) electrons. The zero-order valence-corrected chi connectivity index (χ0v) is 9.86. The van der Waals surface area contributed by atoms with Gasteiger partial charge in [-0.25, -0.2) is 4.79 Å². The van der Waals surface area contributed by atoms with E-state index in [2.05, 4.69) is 23.5 Å². The van der Waals surface area contributed by atoms with Crippen LogP contribution in [0.1, 0.15) is 30.0 Å². The molecule has 2 rings (SSSR count). The Kier molecular flexibility index (Phi) is 3.13. The maximum Gasteiger partial charge on any atom is 0.317 e. The molecule has 1 N–H and O–H groups in total. The van der Waals surface area contributed by atoms with Crippen LogP contribution in [-0.4, -0.2) is 25.0 Å². The van der Waals surface area contributed by atoms with Crippen LogP contribution in [0.15, 0.2) is 24.3 Å². The lowest BCUT2D eigenvalue weighted by Crippen LogP contribution is -2.38. The molecule has 0 aliphatic heterocycles. The molecule has 0 bridgehead atoms. The van der Waals surface area contributed by atoms with Gasteiger partial charge in [0.25, 0.3) is 0 Å². The summed E-state index contributed by atoms with van der Waals surface area (Å²) in [5.41, 5.74) is 2.65. The highest BCUT2D eigenvalue weighted by Crippen LogP contribution is 2.29. The molecule has 3 nitrogen and oxygen atoms in total. The summed E-state index contributed by atoms with van der Waals surface area (Å²) in [5, 5.41) is 3.06. The summed E-state index contributed by atoms with van der Waals surface area (Å²) in [6.45, 7) is 0. The molecule has 0 aromatic heterocycles. The molecule has 3 heteroatoms.